The lowest BCUT2D eigenvalue weighted by Crippen LogP contribution is -2.50. The Morgan fingerprint density at radius 2 is 1.09 bits per heavy atom. The average molecular weight is 508 g/mol. The normalized spacial score (nSPS) is 19.0. The van der Waals surface area contributed by atoms with E-state index in [1.54, 1.807) is 0 Å². The van der Waals surface area contributed by atoms with Crippen LogP contribution in [0.5, 0.6) is 0 Å². The molecule has 2 aliphatic rings. The van der Waals surface area contributed by atoms with E-state index in [1.165, 1.54) is 11.1 Å². The van der Waals surface area contributed by atoms with Gasteiger partial charge >= 0.3 is 0 Å². The molecule has 0 saturated carbocycles. The molecule has 0 N–H and O–H groups in total. The van der Waals surface area contributed by atoms with Gasteiger partial charge in [-0.1, -0.05) is 47.5 Å². The van der Waals surface area contributed by atoms with E-state index < -0.39 is 0 Å². The lowest BCUT2D eigenvalue weighted by atomic mass is 10.2. The van der Waals surface area contributed by atoms with E-state index in [1.807, 2.05) is 24.3 Å². The molecule has 0 amide bonds. The Balaban J connectivity index is 1.16. The summed E-state index contributed by atoms with van der Waals surface area (Å²) < 4.78 is 11.9. The van der Waals surface area contributed by atoms with Gasteiger partial charge in [0.2, 0.25) is 0 Å². The van der Waals surface area contributed by atoms with Gasteiger partial charge in [0, 0.05) is 88.5 Å². The molecule has 8 heteroatoms. The number of rotatable bonds is 7. The van der Waals surface area contributed by atoms with Gasteiger partial charge in [-0.3, -0.25) is 14.7 Å². The molecule has 0 spiro atoms. The molecule has 2 fully saturated rings. The zero-order valence-electron chi connectivity index (χ0n) is 19.0. The van der Waals surface area contributed by atoms with Crippen LogP contribution in [0.2, 0.25) is 10.0 Å². The van der Waals surface area contributed by atoms with Crippen molar-refractivity contribution in [1.29, 1.82) is 0 Å². The van der Waals surface area contributed by atoms with Gasteiger partial charge in [-0.05, 0) is 35.4 Å². The smallest absolute Gasteiger partial charge is 0.104 e. The van der Waals surface area contributed by atoms with Gasteiger partial charge in [-0.2, -0.15) is 0 Å². The minimum absolute atomic E-state index is 0.687. The summed E-state index contributed by atoms with van der Waals surface area (Å²) in [4.78, 5) is 10.7. The maximum Gasteiger partial charge on any atom is 0.104 e. The van der Waals surface area contributed by atoms with Crippen LogP contribution in [0, 0.1) is 0 Å². The summed E-state index contributed by atoms with van der Waals surface area (Å²) in [5, 5.41) is 1.56. The van der Waals surface area contributed by atoms with Gasteiger partial charge in [-0.15, -0.1) is 0 Å². The van der Waals surface area contributed by atoms with Crippen LogP contribution >= 0.6 is 23.2 Å². The minimum atomic E-state index is 0.687. The van der Waals surface area contributed by atoms with Crippen LogP contribution in [0.3, 0.4) is 0 Å². The molecule has 0 bridgehead atoms. The molecule has 0 radical (unpaired) electrons. The Kier molecular flexibility index (Phi) is 9.38. The summed E-state index contributed by atoms with van der Waals surface area (Å²) in [6.07, 6.45) is 0.850. The summed E-state index contributed by atoms with van der Waals surface area (Å²) >= 11 is 12.7. The monoisotopic (exact) mass is 506 g/mol. The quantitative estimate of drug-likeness (QED) is 0.534. The van der Waals surface area contributed by atoms with Crippen LogP contribution in [-0.4, -0.2) is 87.7 Å². The molecule has 2 aliphatic heterocycles. The van der Waals surface area contributed by atoms with Crippen molar-refractivity contribution in [3.63, 3.8) is 0 Å². The van der Waals surface area contributed by atoms with Crippen molar-refractivity contribution in [1.82, 2.24) is 19.6 Å². The van der Waals surface area contributed by atoms with E-state index in [9.17, 15) is 4.21 Å². The molecule has 4 rings (SSSR count). The fourth-order valence-electron chi connectivity index (χ4n) is 4.53. The van der Waals surface area contributed by atoms with Crippen LogP contribution < -0.4 is 0 Å². The second-order valence-corrected chi connectivity index (χ2v) is 10.4. The zero-order chi connectivity index (χ0) is 23.0. The summed E-state index contributed by atoms with van der Waals surface area (Å²) in [6, 6.07) is 16.2. The summed E-state index contributed by atoms with van der Waals surface area (Å²) in [7, 11) is 0. The van der Waals surface area contributed by atoms with Crippen molar-refractivity contribution in [2.75, 3.05) is 58.9 Å². The molecule has 5 nitrogen and oxygen atoms in total. The summed E-state index contributed by atoms with van der Waals surface area (Å²) in [5.41, 5.74) is 2.59. The fourth-order valence-corrected chi connectivity index (χ4v) is 5.24. The number of nitrogens with zero attached hydrogens (tertiary/aromatic N) is 4. The van der Waals surface area contributed by atoms with Crippen molar-refractivity contribution >= 4 is 39.4 Å². The lowest BCUT2D eigenvalue weighted by Gasteiger charge is -2.37. The predicted molar refractivity (Wildman–Crippen MR) is 139 cm³/mol. The molecule has 178 valence electrons. The lowest BCUT2D eigenvalue weighted by molar-refractivity contribution is 0.128. The largest absolute Gasteiger partial charge is 0.300 e. The molecule has 2 heterocycles. The molecule has 2 aromatic rings. The number of benzene rings is 2. The summed E-state index contributed by atoms with van der Waals surface area (Å²) in [6.45, 7) is 10.9. The number of hydrogen-bond acceptors (Lipinski definition) is 4. The Morgan fingerprint density at radius 1 is 0.667 bits per heavy atom. The van der Waals surface area contributed by atoms with Crippen molar-refractivity contribution < 1.29 is 4.21 Å². The SMILES string of the molecule is O=S=C(CCN1CCN(Cc2ccc(Cl)cc2)CC1)N1CCN(Cc2ccc(Cl)cc2)CC1. The van der Waals surface area contributed by atoms with E-state index in [0.29, 0.717) is 11.3 Å². The minimum Gasteiger partial charge on any atom is -0.300 e. The third-order valence-electron chi connectivity index (χ3n) is 6.57. The number of hydrogen-bond donors (Lipinski definition) is 0. The van der Waals surface area contributed by atoms with Crippen molar-refractivity contribution in [2.45, 2.75) is 19.5 Å². The molecular formula is C25H32Cl2N4OS. The van der Waals surface area contributed by atoms with E-state index >= 15 is 0 Å². The van der Waals surface area contributed by atoms with Crippen molar-refractivity contribution in [3.05, 3.63) is 69.7 Å². The average Bonchev–Trinajstić information content (AvgIpc) is 2.84. The van der Waals surface area contributed by atoms with Crippen molar-refractivity contribution in [2.24, 2.45) is 0 Å². The van der Waals surface area contributed by atoms with Gasteiger partial charge in [0.25, 0.3) is 0 Å². The molecular weight excluding hydrogens is 475 g/mol. The molecule has 0 aromatic heterocycles. The Bertz CT molecular complexity index is 934. The second-order valence-electron chi connectivity index (χ2n) is 8.86. The standard InChI is InChI=1S/C25H32Cl2N4OS/c26-23-5-1-21(2-6-23)19-29-13-11-28(12-14-29)10-9-25(33-32)31-17-15-30(16-18-31)20-22-3-7-24(27)8-4-22/h1-8H,9-20H2. The first kappa shape index (κ1) is 24.9. The highest BCUT2D eigenvalue weighted by molar-refractivity contribution is 7.66. The molecule has 0 aliphatic carbocycles. The maximum absolute atomic E-state index is 11.9. The highest BCUT2D eigenvalue weighted by atomic mass is 35.5. The van der Waals surface area contributed by atoms with Gasteiger partial charge in [-0.25, -0.2) is 4.21 Å². The van der Waals surface area contributed by atoms with Gasteiger partial charge in [0.1, 0.15) is 11.3 Å². The van der Waals surface area contributed by atoms with Gasteiger partial charge < -0.3 is 4.90 Å². The van der Waals surface area contributed by atoms with Crippen LogP contribution in [0.15, 0.2) is 48.5 Å². The molecule has 33 heavy (non-hydrogen) atoms. The van der Waals surface area contributed by atoms with E-state index in [-0.39, 0.29) is 0 Å². The van der Waals surface area contributed by atoms with E-state index in [0.717, 1.165) is 93.4 Å². The molecule has 0 atom stereocenters. The molecule has 2 aromatic carbocycles. The third-order valence-corrected chi connectivity index (χ3v) is 7.73. The highest BCUT2D eigenvalue weighted by Crippen LogP contribution is 2.15. The Labute approximate surface area is 210 Å². The highest BCUT2D eigenvalue weighted by Gasteiger charge is 2.22. The fraction of sp³-hybridized carbons (Fsp3) is 0.480. The van der Waals surface area contributed by atoms with Crippen LogP contribution in [0.4, 0.5) is 0 Å². The topological polar surface area (TPSA) is 30.0 Å². The van der Waals surface area contributed by atoms with Crippen LogP contribution in [0.1, 0.15) is 17.5 Å². The number of piperazine rings is 2. The predicted octanol–water partition coefficient (Wildman–Crippen LogP) is 3.66. The second kappa shape index (κ2) is 12.5. The van der Waals surface area contributed by atoms with Crippen molar-refractivity contribution in [3.8, 4) is 0 Å². The first-order chi connectivity index (χ1) is 16.1. The van der Waals surface area contributed by atoms with Crippen LogP contribution in [0.25, 0.3) is 0 Å². The maximum atomic E-state index is 11.9. The molecule has 2 saturated heterocycles. The molecule has 0 unspecified atom stereocenters. The first-order valence-electron chi connectivity index (χ1n) is 11.7. The van der Waals surface area contributed by atoms with E-state index in [4.69, 9.17) is 23.2 Å². The third kappa shape index (κ3) is 7.62. The van der Waals surface area contributed by atoms with Crippen LogP contribution in [-0.2, 0) is 24.3 Å². The Hall–Kier alpha value is -1.25. The zero-order valence-corrected chi connectivity index (χ0v) is 21.3. The van der Waals surface area contributed by atoms with Gasteiger partial charge in [0.05, 0.1) is 4.99 Å². The van der Waals surface area contributed by atoms with E-state index in [2.05, 4.69) is 43.9 Å². The first-order valence-corrected chi connectivity index (χ1v) is 13.2. The van der Waals surface area contributed by atoms with Gasteiger partial charge in [0.15, 0.2) is 0 Å². The summed E-state index contributed by atoms with van der Waals surface area (Å²) in [5.74, 6) is 0. The number of halogens is 2. The Morgan fingerprint density at radius 3 is 1.55 bits per heavy atom.